The number of hydrogen-bond donors (Lipinski definition) is 0. The van der Waals surface area contributed by atoms with E-state index in [1.807, 2.05) is 38.4 Å². The molecule has 0 fully saturated rings. The number of rotatable bonds is 4. The fourth-order valence-corrected chi connectivity index (χ4v) is 3.34. The lowest BCUT2D eigenvalue weighted by Gasteiger charge is -2.21. The Morgan fingerprint density at radius 1 is 1.35 bits per heavy atom. The highest BCUT2D eigenvalue weighted by atomic mass is 35.5. The molecular weight excluding hydrogens is 332 g/mol. The van der Waals surface area contributed by atoms with Crippen molar-refractivity contribution in [2.24, 2.45) is 7.05 Å². The molecule has 0 unspecified atom stereocenters. The third-order valence-electron chi connectivity index (χ3n) is 3.37. The van der Waals surface area contributed by atoms with Gasteiger partial charge in [0, 0.05) is 25.4 Å². The van der Waals surface area contributed by atoms with Crippen molar-refractivity contribution in [2.75, 3.05) is 11.4 Å². The van der Waals surface area contributed by atoms with Crippen LogP contribution in [-0.2, 0) is 7.05 Å². The highest BCUT2D eigenvalue weighted by Gasteiger charge is 2.21. The number of benzene rings is 1. The number of aromatic nitrogens is 3. The van der Waals surface area contributed by atoms with Crippen molar-refractivity contribution in [3.8, 4) is 10.6 Å². The molecule has 118 valence electrons. The van der Waals surface area contributed by atoms with Gasteiger partial charge in [0.2, 0.25) is 0 Å². The summed E-state index contributed by atoms with van der Waals surface area (Å²) in [5.74, 6) is -0.103. The molecule has 2 heterocycles. The van der Waals surface area contributed by atoms with E-state index in [1.54, 1.807) is 28.0 Å². The largest absolute Gasteiger partial charge is 0.306 e. The fraction of sp³-hybridized carbons (Fsp3) is 0.188. The van der Waals surface area contributed by atoms with Crippen molar-refractivity contribution in [3.05, 3.63) is 52.8 Å². The zero-order valence-corrected chi connectivity index (χ0v) is 14.3. The Labute approximate surface area is 143 Å². The molecule has 3 rings (SSSR count). The van der Waals surface area contributed by atoms with Crippen molar-refractivity contribution in [1.82, 2.24) is 14.8 Å². The summed E-state index contributed by atoms with van der Waals surface area (Å²) in [5.41, 5.74) is 1.61. The van der Waals surface area contributed by atoms with Crippen LogP contribution >= 0.6 is 22.9 Å². The molecule has 3 aromatic rings. The van der Waals surface area contributed by atoms with Gasteiger partial charge in [-0.15, -0.1) is 11.3 Å². The third-order valence-corrected chi connectivity index (χ3v) is 4.73. The second-order valence-corrected chi connectivity index (χ2v) is 6.37. The van der Waals surface area contributed by atoms with Gasteiger partial charge < -0.3 is 4.90 Å². The van der Waals surface area contributed by atoms with Gasteiger partial charge in [-0.1, -0.05) is 23.7 Å². The van der Waals surface area contributed by atoms with Crippen LogP contribution in [-0.4, -0.2) is 27.2 Å². The first-order valence-electron chi connectivity index (χ1n) is 7.11. The van der Waals surface area contributed by atoms with Crippen molar-refractivity contribution in [1.29, 1.82) is 0 Å². The molecule has 2 aromatic heterocycles. The predicted molar refractivity (Wildman–Crippen MR) is 93.1 cm³/mol. The van der Waals surface area contributed by atoms with Crippen LogP contribution in [0.4, 0.5) is 5.69 Å². The topological polar surface area (TPSA) is 51.0 Å². The Hall–Kier alpha value is -2.18. The average molecular weight is 347 g/mol. The lowest BCUT2D eigenvalue weighted by atomic mass is 10.2. The molecule has 0 aliphatic heterocycles. The molecule has 0 saturated carbocycles. The van der Waals surface area contributed by atoms with Crippen molar-refractivity contribution in [2.45, 2.75) is 6.92 Å². The predicted octanol–water partition coefficient (Wildman–Crippen LogP) is 3.86. The smallest absolute Gasteiger partial charge is 0.270 e. The summed E-state index contributed by atoms with van der Waals surface area (Å²) in [6, 6.07) is 7.33. The lowest BCUT2D eigenvalue weighted by Crippen LogP contribution is -2.30. The number of halogens is 1. The number of carbonyl (C=O) groups is 1. The maximum Gasteiger partial charge on any atom is 0.270 e. The van der Waals surface area contributed by atoms with Crippen LogP contribution in [0.5, 0.6) is 0 Å². The maximum atomic E-state index is 12.8. The zero-order chi connectivity index (χ0) is 16.4. The van der Waals surface area contributed by atoms with Gasteiger partial charge in [-0.05, 0) is 19.1 Å². The van der Waals surface area contributed by atoms with Crippen LogP contribution < -0.4 is 4.90 Å². The van der Waals surface area contributed by atoms with Gasteiger partial charge in [-0.25, -0.2) is 4.98 Å². The highest BCUT2D eigenvalue weighted by molar-refractivity contribution is 7.17. The minimum atomic E-state index is -0.103. The lowest BCUT2D eigenvalue weighted by molar-refractivity contribution is 0.0992. The number of anilines is 1. The molecule has 1 amide bonds. The Morgan fingerprint density at radius 3 is 2.78 bits per heavy atom. The first kappa shape index (κ1) is 15.7. The van der Waals surface area contributed by atoms with Gasteiger partial charge in [0.1, 0.15) is 9.88 Å². The van der Waals surface area contributed by atoms with E-state index in [0.29, 0.717) is 22.1 Å². The summed E-state index contributed by atoms with van der Waals surface area (Å²) in [6.07, 6.45) is 5.21. The average Bonchev–Trinajstić information content (AvgIpc) is 3.18. The molecule has 0 N–H and O–H groups in total. The summed E-state index contributed by atoms with van der Waals surface area (Å²) in [4.78, 5) is 19.4. The van der Waals surface area contributed by atoms with Crippen LogP contribution in [0, 0.1) is 0 Å². The number of carbonyl (C=O) groups excluding carboxylic acids is 1. The minimum Gasteiger partial charge on any atom is -0.306 e. The Bertz CT molecular complexity index is 842. The molecular formula is C16H15ClN4OS. The molecule has 0 atom stereocenters. The van der Waals surface area contributed by atoms with Crippen LogP contribution in [0.15, 0.2) is 42.9 Å². The summed E-state index contributed by atoms with van der Waals surface area (Å²) in [7, 11) is 1.85. The van der Waals surface area contributed by atoms with Gasteiger partial charge in [0.15, 0.2) is 0 Å². The van der Waals surface area contributed by atoms with Crippen molar-refractivity contribution < 1.29 is 4.79 Å². The molecule has 23 heavy (non-hydrogen) atoms. The van der Waals surface area contributed by atoms with Crippen LogP contribution in [0.2, 0.25) is 5.02 Å². The monoisotopic (exact) mass is 346 g/mol. The zero-order valence-electron chi connectivity index (χ0n) is 12.7. The first-order valence-corrected chi connectivity index (χ1v) is 8.31. The number of nitrogens with zero attached hydrogens (tertiary/aromatic N) is 4. The van der Waals surface area contributed by atoms with Gasteiger partial charge >= 0.3 is 0 Å². The molecule has 0 radical (unpaired) electrons. The molecule has 0 saturated heterocycles. The number of amides is 1. The van der Waals surface area contributed by atoms with Crippen LogP contribution in [0.25, 0.3) is 10.6 Å². The Kier molecular flexibility index (Phi) is 4.45. The molecule has 1 aromatic carbocycles. The molecule has 0 aliphatic carbocycles. The third kappa shape index (κ3) is 3.13. The van der Waals surface area contributed by atoms with Gasteiger partial charge in [0.25, 0.3) is 5.91 Å². The molecule has 0 spiro atoms. The first-order chi connectivity index (χ1) is 11.1. The van der Waals surface area contributed by atoms with E-state index in [1.165, 1.54) is 11.3 Å². The SMILES string of the molecule is CCN(C(=O)c1cnc(-c2cnn(C)c2)s1)c1ccccc1Cl. The standard InChI is InChI=1S/C16H15ClN4OS/c1-3-21(13-7-5-4-6-12(13)17)16(22)14-9-18-15(23-14)11-8-19-20(2)10-11/h4-10H,3H2,1-2H3. The van der Waals surface area contributed by atoms with Gasteiger partial charge in [-0.3, -0.25) is 9.48 Å². The van der Waals surface area contributed by atoms with Crippen molar-refractivity contribution >= 4 is 34.5 Å². The highest BCUT2D eigenvalue weighted by Crippen LogP contribution is 2.29. The second kappa shape index (κ2) is 6.52. The number of para-hydroxylation sites is 1. The van der Waals surface area contributed by atoms with E-state index in [-0.39, 0.29) is 5.91 Å². The van der Waals surface area contributed by atoms with Crippen LogP contribution in [0.1, 0.15) is 16.6 Å². The van der Waals surface area contributed by atoms with E-state index in [0.717, 1.165) is 10.6 Å². The minimum absolute atomic E-state index is 0.103. The molecule has 0 aliphatic rings. The number of thiazole rings is 1. The normalized spacial score (nSPS) is 10.7. The maximum absolute atomic E-state index is 12.8. The fourth-order valence-electron chi connectivity index (χ4n) is 2.27. The van der Waals surface area contributed by atoms with Gasteiger partial charge in [-0.2, -0.15) is 5.10 Å². The van der Waals surface area contributed by atoms with E-state index in [4.69, 9.17) is 11.6 Å². The van der Waals surface area contributed by atoms with Gasteiger partial charge in [0.05, 0.1) is 23.1 Å². The second-order valence-electron chi connectivity index (χ2n) is 4.93. The summed E-state index contributed by atoms with van der Waals surface area (Å²) in [5, 5.41) is 5.46. The van der Waals surface area contributed by atoms with Crippen LogP contribution in [0.3, 0.4) is 0 Å². The molecule has 0 bridgehead atoms. The summed E-state index contributed by atoms with van der Waals surface area (Å²) < 4.78 is 1.71. The van der Waals surface area contributed by atoms with E-state index in [2.05, 4.69) is 10.1 Å². The Balaban J connectivity index is 1.90. The molecule has 5 nitrogen and oxygen atoms in total. The van der Waals surface area contributed by atoms with E-state index < -0.39 is 0 Å². The number of aryl methyl sites for hydroxylation is 1. The van der Waals surface area contributed by atoms with E-state index >= 15 is 0 Å². The molecule has 7 heteroatoms. The summed E-state index contributed by atoms with van der Waals surface area (Å²) in [6.45, 7) is 2.45. The number of hydrogen-bond acceptors (Lipinski definition) is 4. The van der Waals surface area contributed by atoms with Crippen molar-refractivity contribution in [3.63, 3.8) is 0 Å². The Morgan fingerprint density at radius 2 is 2.13 bits per heavy atom. The van der Waals surface area contributed by atoms with E-state index in [9.17, 15) is 4.79 Å². The summed E-state index contributed by atoms with van der Waals surface area (Å²) >= 11 is 7.57. The quantitative estimate of drug-likeness (QED) is 0.720.